The van der Waals surface area contributed by atoms with Gasteiger partial charge in [-0.25, -0.2) is 9.29 Å². The fourth-order valence-electron chi connectivity index (χ4n) is 3.08. The number of benzene rings is 1. The molecule has 1 fully saturated rings. The van der Waals surface area contributed by atoms with Gasteiger partial charge in [-0.05, 0) is 46.2 Å². The Bertz CT molecular complexity index is 525. The molecular formula is C18H30FNO3. The van der Waals surface area contributed by atoms with E-state index < -0.39 is 22.9 Å². The summed E-state index contributed by atoms with van der Waals surface area (Å²) in [6.45, 7) is 13.7. The Kier molecular flexibility index (Phi) is 5.97. The molecule has 0 atom stereocenters. The van der Waals surface area contributed by atoms with E-state index in [1.54, 1.807) is 19.1 Å². The van der Waals surface area contributed by atoms with Crippen molar-refractivity contribution in [1.29, 1.82) is 0 Å². The highest BCUT2D eigenvalue weighted by molar-refractivity contribution is 5.28. The first-order valence-electron chi connectivity index (χ1n) is 8.10. The zero-order valence-electron chi connectivity index (χ0n) is 15.3. The molecule has 1 aromatic carbocycles. The van der Waals surface area contributed by atoms with E-state index in [4.69, 9.17) is 4.74 Å². The first-order valence-corrected chi connectivity index (χ1v) is 8.10. The summed E-state index contributed by atoms with van der Waals surface area (Å²) in [6.07, 6.45) is 0. The summed E-state index contributed by atoms with van der Waals surface area (Å²) in [5, 5.41) is 21.1. The maximum atomic E-state index is 14.3. The van der Waals surface area contributed by atoms with Gasteiger partial charge in [0.25, 0.3) is 5.91 Å². The highest BCUT2D eigenvalue weighted by atomic mass is 19.1. The third-order valence-electron chi connectivity index (χ3n) is 3.69. The molecule has 132 valence electrons. The minimum absolute atomic E-state index is 0.129. The smallest absolute Gasteiger partial charge is 0.256 e. The molecular weight excluding hydrogens is 297 g/mol. The second-order valence-corrected chi connectivity index (χ2v) is 7.05. The Balaban J connectivity index is 0.00000127. The van der Waals surface area contributed by atoms with Gasteiger partial charge in [0, 0.05) is 13.1 Å². The molecule has 0 radical (unpaired) electrons. The number of halogens is 1. The summed E-state index contributed by atoms with van der Waals surface area (Å²) in [7, 11) is 0. The van der Waals surface area contributed by atoms with Crippen LogP contribution < -0.4 is 0 Å². The second-order valence-electron chi connectivity index (χ2n) is 7.05. The maximum absolute atomic E-state index is 14.3. The van der Waals surface area contributed by atoms with E-state index in [0.29, 0.717) is 5.56 Å². The van der Waals surface area contributed by atoms with Crippen LogP contribution in [0.2, 0.25) is 0 Å². The van der Waals surface area contributed by atoms with Crippen LogP contribution in [0.1, 0.15) is 52.7 Å². The average Bonchev–Trinajstić information content (AvgIpc) is 2.40. The Hall–Kier alpha value is -1.01. The van der Waals surface area contributed by atoms with Crippen molar-refractivity contribution < 1.29 is 19.3 Å². The topological polar surface area (TPSA) is 52.9 Å². The molecule has 1 heterocycles. The lowest BCUT2D eigenvalue weighted by Gasteiger charge is -2.50. The van der Waals surface area contributed by atoms with E-state index in [-0.39, 0.29) is 18.7 Å². The largest absolute Gasteiger partial charge is 0.367 e. The first kappa shape index (κ1) is 20.0. The lowest BCUT2D eigenvalue weighted by Crippen LogP contribution is -2.63. The summed E-state index contributed by atoms with van der Waals surface area (Å²) in [5.41, 5.74) is -0.861. The summed E-state index contributed by atoms with van der Waals surface area (Å²) in [5.74, 6) is -2.96. The normalized spacial score (nSPS) is 20.6. The van der Waals surface area contributed by atoms with Crippen molar-refractivity contribution in [2.24, 2.45) is 0 Å². The number of hydrogen-bond acceptors (Lipinski definition) is 4. The molecule has 4 nitrogen and oxygen atoms in total. The number of aryl methyl sites for hydroxylation is 1. The van der Waals surface area contributed by atoms with Crippen molar-refractivity contribution in [3.05, 3.63) is 35.1 Å². The maximum Gasteiger partial charge on any atom is 0.256 e. The van der Waals surface area contributed by atoms with Crippen LogP contribution in [0.15, 0.2) is 18.2 Å². The average molecular weight is 327 g/mol. The molecule has 2 rings (SSSR count). The highest BCUT2D eigenvalue weighted by Crippen LogP contribution is 2.35. The number of aliphatic hydroxyl groups is 2. The van der Waals surface area contributed by atoms with Gasteiger partial charge in [0.15, 0.2) is 0 Å². The predicted molar refractivity (Wildman–Crippen MR) is 89.4 cm³/mol. The standard InChI is InChI=1S/C16H24FNO3.C2H6/c1-11-7-6-8-12(13(11)17)16(19,20)18-9-14(2,3)21-15(4,5)10-18;1-2/h6-8,19-20H,9-10H2,1-5H3;1-2H3. The van der Waals surface area contributed by atoms with Gasteiger partial charge < -0.3 is 14.9 Å². The summed E-state index contributed by atoms with van der Waals surface area (Å²) in [6, 6.07) is 4.62. The number of hydrogen-bond donors (Lipinski definition) is 2. The minimum Gasteiger partial charge on any atom is -0.367 e. The van der Waals surface area contributed by atoms with Crippen LogP contribution in [0, 0.1) is 12.7 Å². The van der Waals surface area contributed by atoms with E-state index in [1.807, 2.05) is 41.5 Å². The molecule has 0 bridgehead atoms. The van der Waals surface area contributed by atoms with Crippen LogP contribution in [0.5, 0.6) is 0 Å². The molecule has 2 N–H and O–H groups in total. The number of morpholine rings is 1. The van der Waals surface area contributed by atoms with Gasteiger partial charge in [0.05, 0.1) is 16.8 Å². The molecule has 0 aromatic heterocycles. The summed E-state index contributed by atoms with van der Waals surface area (Å²) >= 11 is 0. The van der Waals surface area contributed by atoms with Crippen molar-refractivity contribution in [3.8, 4) is 0 Å². The van der Waals surface area contributed by atoms with Crippen molar-refractivity contribution in [2.75, 3.05) is 13.1 Å². The SMILES string of the molecule is CC.Cc1cccc(C(O)(O)N2CC(C)(C)OC(C)(C)C2)c1F. The zero-order valence-corrected chi connectivity index (χ0v) is 15.3. The fourth-order valence-corrected chi connectivity index (χ4v) is 3.08. The third kappa shape index (κ3) is 4.51. The lowest BCUT2D eigenvalue weighted by molar-refractivity contribution is -0.322. The molecule has 0 saturated carbocycles. The van der Waals surface area contributed by atoms with Gasteiger partial charge in [-0.3, -0.25) is 0 Å². The number of rotatable bonds is 2. The highest BCUT2D eigenvalue weighted by Gasteiger charge is 2.47. The first-order chi connectivity index (χ1) is 10.4. The van der Waals surface area contributed by atoms with Crippen molar-refractivity contribution in [3.63, 3.8) is 0 Å². The van der Waals surface area contributed by atoms with Crippen molar-refractivity contribution >= 4 is 0 Å². The summed E-state index contributed by atoms with van der Waals surface area (Å²) < 4.78 is 20.2. The molecule has 1 aliphatic rings. The zero-order chi connectivity index (χ0) is 18.1. The Morgan fingerprint density at radius 2 is 1.57 bits per heavy atom. The van der Waals surface area contributed by atoms with Gasteiger partial charge in [-0.15, -0.1) is 0 Å². The van der Waals surface area contributed by atoms with Gasteiger partial charge in [-0.1, -0.05) is 26.0 Å². The Morgan fingerprint density at radius 3 is 2.04 bits per heavy atom. The second kappa shape index (κ2) is 6.85. The quantitative estimate of drug-likeness (QED) is 0.820. The fraction of sp³-hybridized carbons (Fsp3) is 0.667. The van der Waals surface area contributed by atoms with Gasteiger partial charge >= 0.3 is 0 Å². The third-order valence-corrected chi connectivity index (χ3v) is 3.69. The monoisotopic (exact) mass is 327 g/mol. The van der Waals surface area contributed by atoms with Crippen LogP contribution in [-0.4, -0.2) is 39.4 Å². The molecule has 0 unspecified atom stereocenters. The van der Waals surface area contributed by atoms with Crippen LogP contribution in [-0.2, 0) is 10.6 Å². The molecule has 0 spiro atoms. The van der Waals surface area contributed by atoms with Crippen LogP contribution in [0.25, 0.3) is 0 Å². The molecule has 23 heavy (non-hydrogen) atoms. The molecule has 0 amide bonds. The summed E-state index contributed by atoms with van der Waals surface area (Å²) in [4.78, 5) is 1.45. The van der Waals surface area contributed by atoms with E-state index in [0.717, 1.165) is 0 Å². The Labute approximate surface area is 138 Å². The lowest BCUT2D eigenvalue weighted by atomic mass is 9.96. The molecule has 5 heteroatoms. The van der Waals surface area contributed by atoms with Gasteiger partial charge in [0.1, 0.15) is 5.82 Å². The minimum atomic E-state index is -2.37. The van der Waals surface area contributed by atoms with Gasteiger partial charge in [-0.2, -0.15) is 0 Å². The van der Waals surface area contributed by atoms with Crippen LogP contribution in [0.3, 0.4) is 0 Å². The van der Waals surface area contributed by atoms with Gasteiger partial charge in [0.2, 0.25) is 0 Å². The van der Waals surface area contributed by atoms with E-state index >= 15 is 0 Å². The predicted octanol–water partition coefficient (Wildman–Crippen LogP) is 3.14. The van der Waals surface area contributed by atoms with E-state index in [9.17, 15) is 14.6 Å². The molecule has 1 saturated heterocycles. The van der Waals surface area contributed by atoms with Crippen LogP contribution >= 0.6 is 0 Å². The van der Waals surface area contributed by atoms with E-state index in [2.05, 4.69) is 0 Å². The Morgan fingerprint density at radius 1 is 1.09 bits per heavy atom. The van der Waals surface area contributed by atoms with Crippen molar-refractivity contribution in [2.45, 2.75) is 65.6 Å². The van der Waals surface area contributed by atoms with E-state index in [1.165, 1.54) is 11.0 Å². The number of nitrogens with zero attached hydrogens (tertiary/aromatic N) is 1. The van der Waals surface area contributed by atoms with Crippen molar-refractivity contribution in [1.82, 2.24) is 4.90 Å². The molecule has 1 aromatic rings. The molecule has 1 aliphatic heterocycles. The number of ether oxygens (including phenoxy) is 1. The van der Waals surface area contributed by atoms with Crippen LogP contribution in [0.4, 0.5) is 4.39 Å². The molecule has 0 aliphatic carbocycles.